The van der Waals surface area contributed by atoms with Crippen molar-refractivity contribution in [3.8, 4) is 11.4 Å². The zero-order valence-electron chi connectivity index (χ0n) is 14.7. The monoisotopic (exact) mass is 437 g/mol. The van der Waals surface area contributed by atoms with E-state index < -0.39 is 0 Å². The molecular formula is C18H21BrClN5O. The number of urea groups is 1. The first kappa shape index (κ1) is 18.9. The van der Waals surface area contributed by atoms with Crippen LogP contribution in [0.5, 0.6) is 0 Å². The van der Waals surface area contributed by atoms with E-state index in [2.05, 4.69) is 34.8 Å². The van der Waals surface area contributed by atoms with Gasteiger partial charge < -0.3 is 4.98 Å². The van der Waals surface area contributed by atoms with E-state index >= 15 is 0 Å². The second-order valence-corrected chi connectivity index (χ2v) is 7.27. The zero-order chi connectivity index (χ0) is 17.6. The molecule has 2 aromatic rings. The van der Waals surface area contributed by atoms with Crippen LogP contribution < -0.4 is 4.90 Å². The zero-order valence-corrected chi connectivity index (χ0v) is 17.1. The van der Waals surface area contributed by atoms with Gasteiger partial charge in [-0.05, 0) is 25.0 Å². The summed E-state index contributed by atoms with van der Waals surface area (Å²) in [7, 11) is 0. The molecule has 1 atom stereocenters. The lowest BCUT2D eigenvalue weighted by Gasteiger charge is -2.32. The number of nitrogens with zero attached hydrogens (tertiary/aromatic N) is 4. The van der Waals surface area contributed by atoms with Gasteiger partial charge >= 0.3 is 6.03 Å². The smallest absolute Gasteiger partial charge is 0.331 e. The van der Waals surface area contributed by atoms with E-state index in [1.807, 2.05) is 24.3 Å². The molecule has 4 rings (SSSR count). The van der Waals surface area contributed by atoms with Crippen molar-refractivity contribution in [3.63, 3.8) is 0 Å². The number of anilines is 1. The first-order valence-corrected chi connectivity index (χ1v) is 9.44. The number of nitrogens with one attached hydrogen (secondary N) is 1. The van der Waals surface area contributed by atoms with E-state index in [1.54, 1.807) is 9.80 Å². The topological polar surface area (TPSA) is 64.6 Å². The lowest BCUT2D eigenvalue weighted by Crippen LogP contribution is -2.50. The Labute approximate surface area is 167 Å². The molecule has 1 unspecified atom stereocenters. The number of hydrogen-bond acceptors (Lipinski definition) is 3. The van der Waals surface area contributed by atoms with Crippen molar-refractivity contribution < 1.29 is 4.79 Å². The number of aliphatic imine (C=N–C) groups is 1. The molecule has 26 heavy (non-hydrogen) atoms. The largest absolute Gasteiger partial charge is 0.334 e. The molecule has 138 valence electrons. The molecular weight excluding hydrogens is 418 g/mol. The lowest BCUT2D eigenvalue weighted by molar-refractivity contribution is 0.226. The Morgan fingerprint density at radius 2 is 2.15 bits per heavy atom. The highest BCUT2D eigenvalue weighted by molar-refractivity contribution is 9.10. The number of amides is 2. The van der Waals surface area contributed by atoms with Gasteiger partial charge in [-0.1, -0.05) is 41.9 Å². The molecule has 0 radical (unpaired) electrons. The van der Waals surface area contributed by atoms with Crippen molar-refractivity contribution in [3.05, 3.63) is 34.4 Å². The van der Waals surface area contributed by atoms with Crippen LogP contribution in [-0.4, -0.2) is 45.9 Å². The Balaban J connectivity index is 0.00000196. The van der Waals surface area contributed by atoms with Crippen LogP contribution in [-0.2, 0) is 0 Å². The fourth-order valence-corrected chi connectivity index (χ4v) is 3.72. The van der Waals surface area contributed by atoms with Gasteiger partial charge in [0.2, 0.25) is 0 Å². The predicted molar refractivity (Wildman–Crippen MR) is 109 cm³/mol. The highest BCUT2D eigenvalue weighted by Gasteiger charge is 2.41. The van der Waals surface area contributed by atoms with Gasteiger partial charge in [-0.15, -0.1) is 12.4 Å². The minimum Gasteiger partial charge on any atom is -0.334 e. The van der Waals surface area contributed by atoms with Crippen molar-refractivity contribution in [1.82, 2.24) is 14.9 Å². The highest BCUT2D eigenvalue weighted by atomic mass is 79.9. The molecule has 3 heterocycles. The van der Waals surface area contributed by atoms with E-state index in [4.69, 9.17) is 9.98 Å². The van der Waals surface area contributed by atoms with Gasteiger partial charge in [0.15, 0.2) is 11.7 Å². The van der Waals surface area contributed by atoms with E-state index in [0.717, 1.165) is 40.2 Å². The molecule has 2 aliphatic heterocycles. The first-order chi connectivity index (χ1) is 12.1. The van der Waals surface area contributed by atoms with E-state index in [1.165, 1.54) is 0 Å². The van der Waals surface area contributed by atoms with Crippen LogP contribution in [0.4, 0.5) is 10.6 Å². The Bertz CT molecular complexity index is 865. The number of carbonyl (C=O) groups excluding carboxylic acids is 1. The van der Waals surface area contributed by atoms with E-state index in [-0.39, 0.29) is 24.5 Å². The summed E-state index contributed by atoms with van der Waals surface area (Å²) in [4.78, 5) is 29.4. The van der Waals surface area contributed by atoms with Crippen LogP contribution in [0.25, 0.3) is 11.4 Å². The fraction of sp³-hybridized carbons (Fsp3) is 0.389. The van der Waals surface area contributed by atoms with Crippen molar-refractivity contribution in [1.29, 1.82) is 0 Å². The fourth-order valence-electron chi connectivity index (χ4n) is 3.32. The number of rotatable bonds is 4. The summed E-state index contributed by atoms with van der Waals surface area (Å²) >= 11 is 3.50. The third-order valence-electron chi connectivity index (χ3n) is 4.60. The number of benzene rings is 1. The van der Waals surface area contributed by atoms with Crippen molar-refractivity contribution in [2.75, 3.05) is 18.0 Å². The molecule has 0 fully saturated rings. The van der Waals surface area contributed by atoms with E-state index in [0.29, 0.717) is 18.9 Å². The number of H-pyrrole nitrogens is 1. The quantitative estimate of drug-likeness (QED) is 0.766. The van der Waals surface area contributed by atoms with Gasteiger partial charge in [0.05, 0.1) is 12.6 Å². The normalized spacial score (nSPS) is 18.3. The second kappa shape index (κ2) is 7.40. The number of imidazole rings is 1. The predicted octanol–water partition coefficient (Wildman–Crippen LogP) is 4.45. The molecule has 0 aliphatic carbocycles. The maximum absolute atomic E-state index is 12.9. The summed E-state index contributed by atoms with van der Waals surface area (Å²) in [6, 6.07) is 8.11. The second-order valence-electron chi connectivity index (χ2n) is 6.35. The SMILES string of the molecule is CCCN1C(=O)N2CC(CC)N=C2c2[nH]c(-c3cccc(Br)c3)nc21.Cl. The number of carbonyl (C=O) groups is 1. The van der Waals surface area contributed by atoms with Crippen LogP contribution in [0.15, 0.2) is 33.7 Å². The van der Waals surface area contributed by atoms with Gasteiger partial charge in [0, 0.05) is 16.6 Å². The lowest BCUT2D eigenvalue weighted by atomic mass is 10.2. The Morgan fingerprint density at radius 1 is 1.35 bits per heavy atom. The molecule has 0 saturated carbocycles. The van der Waals surface area contributed by atoms with Gasteiger partial charge in [-0.25, -0.2) is 9.78 Å². The molecule has 1 aromatic heterocycles. The Morgan fingerprint density at radius 3 is 2.85 bits per heavy atom. The standard InChI is InChI=1S/C18H20BrN5O.ClH/c1-3-8-23-17-14(16-20-13(4-2)10-24(16)18(23)25)21-15(22-17)11-6-5-7-12(19)9-11;/h5-7,9,13H,3-4,8,10H2,1-2H3,(H,21,22);1H. The Kier molecular flexibility index (Phi) is 5.39. The van der Waals surface area contributed by atoms with Crippen molar-refractivity contribution in [2.24, 2.45) is 4.99 Å². The third kappa shape index (κ3) is 3.03. The molecule has 6 nitrogen and oxygen atoms in total. The minimum absolute atomic E-state index is 0. The van der Waals surface area contributed by atoms with Crippen LogP contribution in [0.1, 0.15) is 32.4 Å². The summed E-state index contributed by atoms with van der Waals surface area (Å²) < 4.78 is 0.992. The van der Waals surface area contributed by atoms with Crippen molar-refractivity contribution >= 4 is 46.0 Å². The molecule has 1 aromatic carbocycles. The summed E-state index contributed by atoms with van der Waals surface area (Å²) in [6.07, 6.45) is 1.80. The summed E-state index contributed by atoms with van der Waals surface area (Å²) in [5.41, 5.74) is 1.82. The van der Waals surface area contributed by atoms with Crippen LogP contribution in [0, 0.1) is 0 Å². The van der Waals surface area contributed by atoms with E-state index in [9.17, 15) is 4.79 Å². The van der Waals surface area contributed by atoms with Gasteiger partial charge in [-0.3, -0.25) is 14.8 Å². The summed E-state index contributed by atoms with van der Waals surface area (Å²) in [6.45, 7) is 5.46. The number of aromatic amines is 1. The van der Waals surface area contributed by atoms with Gasteiger partial charge in [0.25, 0.3) is 0 Å². The van der Waals surface area contributed by atoms with Crippen molar-refractivity contribution in [2.45, 2.75) is 32.7 Å². The molecule has 1 N–H and O–H groups in total. The molecule has 0 saturated heterocycles. The minimum atomic E-state index is -0.0173. The van der Waals surface area contributed by atoms with Gasteiger partial charge in [-0.2, -0.15) is 0 Å². The average molecular weight is 439 g/mol. The number of hydrogen-bond donors (Lipinski definition) is 1. The highest BCUT2D eigenvalue weighted by Crippen LogP contribution is 2.33. The van der Waals surface area contributed by atoms with Gasteiger partial charge in [0.1, 0.15) is 11.5 Å². The number of halogens is 2. The number of fused-ring (bicyclic) bond motifs is 3. The maximum Gasteiger partial charge on any atom is 0.331 e. The van der Waals surface area contributed by atoms with Crippen LogP contribution in [0.2, 0.25) is 0 Å². The molecule has 8 heteroatoms. The number of amidine groups is 1. The average Bonchev–Trinajstić information content (AvgIpc) is 3.23. The third-order valence-corrected chi connectivity index (χ3v) is 5.09. The summed E-state index contributed by atoms with van der Waals surface area (Å²) in [5, 5.41) is 0. The molecule has 2 aliphatic rings. The summed E-state index contributed by atoms with van der Waals surface area (Å²) in [5.74, 6) is 2.17. The maximum atomic E-state index is 12.9. The first-order valence-electron chi connectivity index (χ1n) is 8.65. The molecule has 2 amide bonds. The van der Waals surface area contributed by atoms with Crippen LogP contribution >= 0.6 is 28.3 Å². The Hall–Kier alpha value is -1.86. The molecule has 0 bridgehead atoms. The number of aromatic nitrogens is 2. The molecule has 0 spiro atoms. The van der Waals surface area contributed by atoms with Crippen LogP contribution in [0.3, 0.4) is 0 Å².